The van der Waals surface area contributed by atoms with Crippen LogP contribution in [0.15, 0.2) is 36.4 Å². The Labute approximate surface area is 123 Å². The molecule has 5 heteroatoms. The van der Waals surface area contributed by atoms with Crippen LogP contribution in [0.1, 0.15) is 26.2 Å². The third kappa shape index (κ3) is 4.70. The second-order valence-electron chi connectivity index (χ2n) is 5.10. The van der Waals surface area contributed by atoms with E-state index in [1.807, 2.05) is 12.2 Å². The number of benzene rings is 1. The van der Waals surface area contributed by atoms with Crippen molar-refractivity contribution in [3.05, 3.63) is 42.2 Å². The molecule has 0 heterocycles. The molecule has 1 aromatic rings. The van der Waals surface area contributed by atoms with Gasteiger partial charge in [-0.05, 0) is 49.9 Å². The predicted molar refractivity (Wildman–Crippen MR) is 77.1 cm³/mol. The van der Waals surface area contributed by atoms with Gasteiger partial charge in [0.15, 0.2) is 6.10 Å². The van der Waals surface area contributed by atoms with Gasteiger partial charge in [-0.3, -0.25) is 9.59 Å². The molecule has 0 saturated carbocycles. The maximum atomic E-state index is 12.8. The number of esters is 1. The maximum absolute atomic E-state index is 12.8. The summed E-state index contributed by atoms with van der Waals surface area (Å²) in [5, 5.41) is 2.57. The molecule has 0 radical (unpaired) electrons. The van der Waals surface area contributed by atoms with Crippen LogP contribution in [0.3, 0.4) is 0 Å². The summed E-state index contributed by atoms with van der Waals surface area (Å²) in [6.07, 6.45) is 5.40. The second-order valence-corrected chi connectivity index (χ2v) is 5.10. The third-order valence-corrected chi connectivity index (χ3v) is 3.33. The minimum Gasteiger partial charge on any atom is -0.453 e. The molecular weight excluding hydrogens is 273 g/mol. The van der Waals surface area contributed by atoms with E-state index < -0.39 is 12.0 Å². The summed E-state index contributed by atoms with van der Waals surface area (Å²) in [6.45, 7) is 1.52. The Morgan fingerprint density at radius 2 is 2.10 bits per heavy atom. The van der Waals surface area contributed by atoms with Crippen LogP contribution in [0.4, 0.5) is 10.1 Å². The Morgan fingerprint density at radius 1 is 1.38 bits per heavy atom. The lowest BCUT2D eigenvalue weighted by molar-refractivity contribution is -0.153. The van der Waals surface area contributed by atoms with Crippen molar-refractivity contribution >= 4 is 17.6 Å². The zero-order chi connectivity index (χ0) is 15.2. The SMILES string of the molecule is C[C@H](OC(=O)C[C@@H]1C=CCC1)C(=O)Nc1ccc(F)cc1. The Morgan fingerprint density at radius 3 is 2.71 bits per heavy atom. The standard InChI is InChI=1S/C16H18FNO3/c1-11(21-15(19)10-12-4-2-3-5-12)16(20)18-14-8-6-13(17)7-9-14/h2,4,6-9,11-12H,3,5,10H2,1H3,(H,18,20)/t11-,12+/m0/s1. The highest BCUT2D eigenvalue weighted by Gasteiger charge is 2.21. The van der Waals surface area contributed by atoms with E-state index in [4.69, 9.17) is 4.74 Å². The Balaban J connectivity index is 1.80. The summed E-state index contributed by atoms with van der Waals surface area (Å²) in [6, 6.07) is 5.40. The number of anilines is 1. The number of allylic oxidation sites excluding steroid dienone is 2. The van der Waals surface area contributed by atoms with Gasteiger partial charge in [0, 0.05) is 5.69 Å². The first-order valence-corrected chi connectivity index (χ1v) is 6.97. The summed E-state index contributed by atoms with van der Waals surface area (Å²) in [7, 11) is 0. The summed E-state index contributed by atoms with van der Waals surface area (Å²) in [4.78, 5) is 23.6. The van der Waals surface area contributed by atoms with E-state index in [1.165, 1.54) is 31.2 Å². The lowest BCUT2D eigenvalue weighted by atomic mass is 10.1. The van der Waals surface area contributed by atoms with E-state index in [2.05, 4.69) is 5.32 Å². The Hall–Kier alpha value is -2.17. The summed E-state index contributed by atoms with van der Waals surface area (Å²) >= 11 is 0. The molecule has 1 N–H and O–H groups in total. The van der Waals surface area contributed by atoms with Crippen molar-refractivity contribution in [3.8, 4) is 0 Å². The zero-order valence-electron chi connectivity index (χ0n) is 11.8. The molecule has 0 aliphatic heterocycles. The van der Waals surface area contributed by atoms with Crippen molar-refractivity contribution in [1.29, 1.82) is 0 Å². The molecule has 4 nitrogen and oxygen atoms in total. The normalized spacial score (nSPS) is 18.3. The maximum Gasteiger partial charge on any atom is 0.307 e. The highest BCUT2D eigenvalue weighted by atomic mass is 19.1. The van der Waals surface area contributed by atoms with Gasteiger partial charge in [-0.2, -0.15) is 0 Å². The summed E-state index contributed by atoms with van der Waals surface area (Å²) in [5.74, 6) is -0.979. The fourth-order valence-corrected chi connectivity index (χ4v) is 2.16. The topological polar surface area (TPSA) is 55.4 Å². The molecule has 2 atom stereocenters. The number of amides is 1. The van der Waals surface area contributed by atoms with Crippen molar-refractivity contribution in [2.75, 3.05) is 5.32 Å². The number of carbonyl (C=O) groups excluding carboxylic acids is 2. The molecule has 2 rings (SSSR count). The number of halogens is 1. The Bertz CT molecular complexity index is 539. The van der Waals surface area contributed by atoms with Crippen LogP contribution in [-0.4, -0.2) is 18.0 Å². The smallest absolute Gasteiger partial charge is 0.307 e. The van der Waals surface area contributed by atoms with Gasteiger partial charge in [0.1, 0.15) is 5.82 Å². The monoisotopic (exact) mass is 291 g/mol. The largest absolute Gasteiger partial charge is 0.453 e. The molecule has 0 aromatic heterocycles. The first kappa shape index (κ1) is 15.2. The van der Waals surface area contributed by atoms with E-state index in [9.17, 15) is 14.0 Å². The average molecular weight is 291 g/mol. The molecule has 1 aromatic carbocycles. The number of rotatable bonds is 5. The minimum absolute atomic E-state index is 0.213. The van der Waals surface area contributed by atoms with E-state index in [0.717, 1.165) is 12.8 Å². The molecule has 1 amide bonds. The number of nitrogens with one attached hydrogen (secondary N) is 1. The van der Waals surface area contributed by atoms with Gasteiger partial charge in [0.05, 0.1) is 6.42 Å². The van der Waals surface area contributed by atoms with Crippen molar-refractivity contribution in [1.82, 2.24) is 0 Å². The van der Waals surface area contributed by atoms with Gasteiger partial charge >= 0.3 is 5.97 Å². The molecular formula is C16H18FNO3. The van der Waals surface area contributed by atoms with Crippen LogP contribution >= 0.6 is 0 Å². The van der Waals surface area contributed by atoms with Crippen LogP contribution in [0.2, 0.25) is 0 Å². The van der Waals surface area contributed by atoms with Gasteiger partial charge in [0.25, 0.3) is 5.91 Å². The molecule has 0 unspecified atom stereocenters. The van der Waals surface area contributed by atoms with Crippen LogP contribution in [0, 0.1) is 11.7 Å². The van der Waals surface area contributed by atoms with Crippen molar-refractivity contribution in [3.63, 3.8) is 0 Å². The molecule has 0 spiro atoms. The number of hydrogen-bond donors (Lipinski definition) is 1. The fraction of sp³-hybridized carbons (Fsp3) is 0.375. The van der Waals surface area contributed by atoms with Crippen molar-refractivity contribution in [2.24, 2.45) is 5.92 Å². The second kappa shape index (κ2) is 7.02. The van der Waals surface area contributed by atoms with Gasteiger partial charge in [-0.15, -0.1) is 0 Å². The van der Waals surface area contributed by atoms with Gasteiger partial charge in [-0.1, -0.05) is 12.2 Å². The zero-order valence-corrected chi connectivity index (χ0v) is 11.8. The summed E-state index contributed by atoms with van der Waals surface area (Å²) in [5.41, 5.74) is 0.461. The minimum atomic E-state index is -0.882. The van der Waals surface area contributed by atoms with Crippen LogP contribution < -0.4 is 5.32 Å². The molecule has 1 aliphatic rings. The van der Waals surface area contributed by atoms with Crippen molar-refractivity contribution < 1.29 is 18.7 Å². The van der Waals surface area contributed by atoms with Crippen LogP contribution in [0.25, 0.3) is 0 Å². The lowest BCUT2D eigenvalue weighted by Gasteiger charge is -2.14. The fourth-order valence-electron chi connectivity index (χ4n) is 2.16. The first-order chi connectivity index (χ1) is 10.0. The van der Waals surface area contributed by atoms with Crippen molar-refractivity contribution in [2.45, 2.75) is 32.3 Å². The van der Waals surface area contributed by atoms with E-state index >= 15 is 0 Å². The van der Waals surface area contributed by atoms with E-state index in [0.29, 0.717) is 12.1 Å². The third-order valence-electron chi connectivity index (χ3n) is 3.33. The predicted octanol–water partition coefficient (Wildman–Crippen LogP) is 3.05. The highest BCUT2D eigenvalue weighted by Crippen LogP contribution is 2.21. The molecule has 112 valence electrons. The van der Waals surface area contributed by atoms with Gasteiger partial charge in [0.2, 0.25) is 0 Å². The molecule has 1 aliphatic carbocycles. The average Bonchev–Trinajstić information content (AvgIpc) is 2.94. The number of ether oxygens (including phenoxy) is 1. The molecule has 0 fully saturated rings. The molecule has 0 bridgehead atoms. The van der Waals surface area contributed by atoms with Crippen LogP contribution in [-0.2, 0) is 14.3 Å². The molecule has 0 saturated heterocycles. The quantitative estimate of drug-likeness (QED) is 0.670. The highest BCUT2D eigenvalue weighted by molar-refractivity contribution is 5.95. The van der Waals surface area contributed by atoms with E-state index in [1.54, 1.807) is 0 Å². The van der Waals surface area contributed by atoms with Gasteiger partial charge < -0.3 is 10.1 Å². The Kier molecular flexibility index (Phi) is 5.09. The number of hydrogen-bond acceptors (Lipinski definition) is 3. The lowest BCUT2D eigenvalue weighted by Crippen LogP contribution is -2.30. The molecule has 21 heavy (non-hydrogen) atoms. The van der Waals surface area contributed by atoms with Crippen LogP contribution in [0.5, 0.6) is 0 Å². The van der Waals surface area contributed by atoms with E-state index in [-0.39, 0.29) is 17.7 Å². The van der Waals surface area contributed by atoms with Gasteiger partial charge in [-0.25, -0.2) is 4.39 Å². The summed E-state index contributed by atoms with van der Waals surface area (Å²) < 4.78 is 17.9. The number of carbonyl (C=O) groups is 2. The first-order valence-electron chi connectivity index (χ1n) is 6.97.